The molecule has 3 heteroatoms. The maximum Gasteiger partial charge on any atom is 0.320 e. The summed E-state index contributed by atoms with van der Waals surface area (Å²) in [6, 6.07) is 0. The number of hydrogen-bond acceptors (Lipinski definition) is 3. The third-order valence-corrected chi connectivity index (χ3v) is 6.36. The monoisotopic (exact) mass is 246 g/mol. The van der Waals surface area contributed by atoms with Crippen molar-refractivity contribution in [1.82, 2.24) is 0 Å². The van der Waals surface area contributed by atoms with Gasteiger partial charge in [0.05, 0.1) is 11.3 Å². The molecule has 3 nitrogen and oxygen atoms in total. The molecule has 0 radical (unpaired) electrons. The van der Waals surface area contributed by atoms with Gasteiger partial charge in [-0.3, -0.25) is 9.59 Å². The largest absolute Gasteiger partial charge is 0.392 e. The third-order valence-electron chi connectivity index (χ3n) is 6.36. The van der Waals surface area contributed by atoms with Gasteiger partial charge in [0.25, 0.3) is 0 Å². The third kappa shape index (κ3) is 0.987. The summed E-state index contributed by atoms with van der Waals surface area (Å²) in [5, 5.41) is 0. The maximum absolute atomic E-state index is 12.1. The minimum Gasteiger partial charge on any atom is -0.392 e. The van der Waals surface area contributed by atoms with E-state index in [4.69, 9.17) is 4.74 Å². The molecule has 7 atom stereocenters. The van der Waals surface area contributed by atoms with Crippen LogP contribution in [0.3, 0.4) is 0 Å². The Morgan fingerprint density at radius 1 is 1.22 bits per heavy atom. The lowest BCUT2D eigenvalue weighted by Crippen LogP contribution is -2.49. The van der Waals surface area contributed by atoms with Crippen LogP contribution in [0.4, 0.5) is 0 Å². The molecular weight excluding hydrogens is 228 g/mol. The average molecular weight is 246 g/mol. The Bertz CT molecular complexity index is 480. The predicted molar refractivity (Wildman–Crippen MR) is 64.2 cm³/mol. The number of carbonyl (C=O) groups is 2. The molecule has 0 N–H and O–H groups in total. The van der Waals surface area contributed by atoms with Crippen molar-refractivity contribution in [2.75, 3.05) is 0 Å². The fourth-order valence-electron chi connectivity index (χ4n) is 5.21. The lowest BCUT2D eigenvalue weighted by atomic mass is 9.53. The Hall–Kier alpha value is -1.12. The molecule has 18 heavy (non-hydrogen) atoms. The molecule has 0 spiro atoms. The maximum atomic E-state index is 12.1. The van der Waals surface area contributed by atoms with Crippen molar-refractivity contribution in [3.05, 3.63) is 12.2 Å². The van der Waals surface area contributed by atoms with Crippen molar-refractivity contribution in [3.63, 3.8) is 0 Å². The fourth-order valence-corrected chi connectivity index (χ4v) is 5.21. The van der Waals surface area contributed by atoms with E-state index in [1.165, 1.54) is 6.42 Å². The molecule has 4 aliphatic rings. The molecule has 2 saturated carbocycles. The molecule has 1 heterocycles. The van der Waals surface area contributed by atoms with Gasteiger partial charge >= 0.3 is 11.9 Å². The van der Waals surface area contributed by atoms with Crippen LogP contribution >= 0.6 is 0 Å². The molecule has 1 aliphatic heterocycles. The first-order valence-electron chi connectivity index (χ1n) is 6.98. The normalized spacial score (nSPS) is 56.6. The quantitative estimate of drug-likeness (QED) is 0.374. The molecule has 0 aromatic rings. The highest BCUT2D eigenvalue weighted by Crippen LogP contribution is 2.63. The highest BCUT2D eigenvalue weighted by Gasteiger charge is 2.66. The van der Waals surface area contributed by atoms with Gasteiger partial charge < -0.3 is 4.74 Å². The van der Waals surface area contributed by atoms with Crippen LogP contribution < -0.4 is 0 Å². The number of cyclic esters (lactones) is 2. The molecule has 0 aromatic carbocycles. The Labute approximate surface area is 107 Å². The Morgan fingerprint density at radius 3 is 2.72 bits per heavy atom. The molecule has 0 amide bonds. The van der Waals surface area contributed by atoms with Crippen LogP contribution in [0.15, 0.2) is 12.2 Å². The topological polar surface area (TPSA) is 43.4 Å². The summed E-state index contributed by atoms with van der Waals surface area (Å²) in [4.78, 5) is 24.0. The molecule has 7 unspecified atom stereocenters. The van der Waals surface area contributed by atoms with Crippen LogP contribution in [0.1, 0.15) is 26.7 Å². The van der Waals surface area contributed by atoms with Crippen LogP contribution in [-0.4, -0.2) is 11.9 Å². The first kappa shape index (κ1) is 10.8. The summed E-state index contributed by atoms with van der Waals surface area (Å²) in [5.41, 5.74) is -0.573. The zero-order valence-electron chi connectivity index (χ0n) is 10.8. The smallest absolute Gasteiger partial charge is 0.320 e. The highest BCUT2D eigenvalue weighted by atomic mass is 16.6. The van der Waals surface area contributed by atoms with Gasteiger partial charge in [-0.1, -0.05) is 19.1 Å². The summed E-state index contributed by atoms with van der Waals surface area (Å²) in [6.45, 7) is 4.10. The van der Waals surface area contributed by atoms with E-state index < -0.39 is 5.41 Å². The van der Waals surface area contributed by atoms with Crippen molar-refractivity contribution >= 4 is 11.9 Å². The van der Waals surface area contributed by atoms with Crippen LogP contribution in [0, 0.1) is 40.9 Å². The molecule has 96 valence electrons. The van der Waals surface area contributed by atoms with E-state index in [1.807, 2.05) is 6.92 Å². The number of rotatable bonds is 0. The first-order valence-corrected chi connectivity index (χ1v) is 6.98. The number of esters is 2. The van der Waals surface area contributed by atoms with Crippen molar-refractivity contribution < 1.29 is 14.3 Å². The minimum absolute atomic E-state index is 0.200. The first-order chi connectivity index (χ1) is 8.53. The van der Waals surface area contributed by atoms with Gasteiger partial charge in [0, 0.05) is 0 Å². The van der Waals surface area contributed by atoms with Crippen molar-refractivity contribution in [2.24, 2.45) is 40.9 Å². The summed E-state index contributed by atoms with van der Waals surface area (Å²) in [7, 11) is 0. The molecule has 2 bridgehead atoms. The van der Waals surface area contributed by atoms with Crippen LogP contribution in [0.5, 0.6) is 0 Å². The fraction of sp³-hybridized carbons (Fsp3) is 0.733. The minimum atomic E-state index is -0.573. The van der Waals surface area contributed by atoms with Crippen LogP contribution in [0.25, 0.3) is 0 Å². The highest BCUT2D eigenvalue weighted by molar-refractivity contribution is 5.99. The summed E-state index contributed by atoms with van der Waals surface area (Å²) < 4.78 is 4.94. The molecular formula is C15H18O3. The SMILES string of the molecule is CC1C2C3C=CC(C3)C2CC2C(=O)OC(=O)C21C. The standard InChI is InChI=1S/C15H18O3/c1-7-12-9-4-3-8(5-9)10(12)6-11-13(16)18-14(17)15(7,11)2/h3-4,7-12H,5-6H2,1-2H3. The molecule has 0 aromatic heterocycles. The summed E-state index contributed by atoms with van der Waals surface area (Å²) >= 11 is 0. The van der Waals surface area contributed by atoms with Gasteiger partial charge in [0.15, 0.2) is 0 Å². The van der Waals surface area contributed by atoms with Gasteiger partial charge in [0.2, 0.25) is 0 Å². The Kier molecular flexibility index (Phi) is 1.83. The van der Waals surface area contributed by atoms with E-state index in [9.17, 15) is 9.59 Å². The lowest BCUT2D eigenvalue weighted by Gasteiger charge is -2.47. The zero-order chi connectivity index (χ0) is 12.7. The summed E-state index contributed by atoms with van der Waals surface area (Å²) in [5.74, 6) is 1.90. The molecule has 3 fully saturated rings. The molecule has 1 saturated heterocycles. The van der Waals surface area contributed by atoms with Gasteiger partial charge in [-0.15, -0.1) is 0 Å². The number of allylic oxidation sites excluding steroid dienone is 2. The van der Waals surface area contributed by atoms with E-state index in [1.54, 1.807) is 0 Å². The van der Waals surface area contributed by atoms with Gasteiger partial charge in [-0.2, -0.15) is 0 Å². The average Bonchev–Trinajstić information content (AvgIpc) is 2.97. The van der Waals surface area contributed by atoms with Crippen LogP contribution in [-0.2, 0) is 14.3 Å². The Balaban J connectivity index is 1.80. The number of fused-ring (bicyclic) bond motifs is 6. The second kappa shape index (κ2) is 3.06. The van der Waals surface area contributed by atoms with Crippen molar-refractivity contribution in [1.29, 1.82) is 0 Å². The molecule has 3 aliphatic carbocycles. The lowest BCUT2D eigenvalue weighted by molar-refractivity contribution is -0.156. The second-order valence-electron chi connectivity index (χ2n) is 6.76. The summed E-state index contributed by atoms with van der Waals surface area (Å²) in [6.07, 6.45) is 6.73. The second-order valence-corrected chi connectivity index (χ2v) is 6.76. The van der Waals surface area contributed by atoms with Gasteiger partial charge in [-0.25, -0.2) is 0 Å². The Morgan fingerprint density at radius 2 is 1.94 bits per heavy atom. The number of carbonyl (C=O) groups excluding carboxylic acids is 2. The zero-order valence-corrected chi connectivity index (χ0v) is 10.8. The predicted octanol–water partition coefficient (Wildman–Crippen LogP) is 2.17. The van der Waals surface area contributed by atoms with E-state index in [-0.39, 0.29) is 23.8 Å². The van der Waals surface area contributed by atoms with Gasteiger partial charge in [-0.05, 0) is 49.4 Å². The van der Waals surface area contributed by atoms with Crippen molar-refractivity contribution in [2.45, 2.75) is 26.7 Å². The van der Waals surface area contributed by atoms with E-state index in [0.29, 0.717) is 23.7 Å². The number of ether oxygens (including phenoxy) is 1. The van der Waals surface area contributed by atoms with Crippen LogP contribution in [0.2, 0.25) is 0 Å². The molecule has 4 rings (SSSR count). The van der Waals surface area contributed by atoms with Crippen molar-refractivity contribution in [3.8, 4) is 0 Å². The van der Waals surface area contributed by atoms with E-state index >= 15 is 0 Å². The van der Waals surface area contributed by atoms with E-state index in [0.717, 1.165) is 6.42 Å². The van der Waals surface area contributed by atoms with E-state index in [2.05, 4.69) is 19.1 Å². The van der Waals surface area contributed by atoms with Gasteiger partial charge in [0.1, 0.15) is 0 Å². The number of hydrogen-bond donors (Lipinski definition) is 0.